The van der Waals surface area contributed by atoms with E-state index in [1.54, 1.807) is 0 Å². The lowest BCUT2D eigenvalue weighted by atomic mass is 10.0. The maximum Gasteiger partial charge on any atom is 0.186 e. The SMILES string of the molecule is OC[C@H]1C[C@H](O)[C@@H](O)[C@H](O[C@H]2[C@H](O)[C@@H](CO)O[C@@H]2CO)O1. The standard InChI is InChI=1S/C12H22O9/c13-2-5-1-6(16)9(17)12(19-5)21-11-8(4-15)20-7(3-14)10(11)18/h5-18H,1-4H2/t5-,6+,7-,8-,9-,10-,11-,12+/m1/s1. The molecule has 0 spiro atoms. The zero-order valence-electron chi connectivity index (χ0n) is 11.4. The van der Waals surface area contributed by atoms with Crippen molar-refractivity contribution in [1.29, 1.82) is 0 Å². The Bertz CT molecular complexity index is 326. The number of hydrogen-bond acceptors (Lipinski definition) is 9. The second kappa shape index (κ2) is 7.27. The van der Waals surface area contributed by atoms with Gasteiger partial charge in [-0.1, -0.05) is 0 Å². The maximum atomic E-state index is 9.99. The molecule has 0 amide bonds. The minimum absolute atomic E-state index is 0.0595. The number of ether oxygens (including phenoxy) is 3. The lowest BCUT2D eigenvalue weighted by Crippen LogP contribution is -2.53. The maximum absolute atomic E-state index is 9.99. The van der Waals surface area contributed by atoms with Gasteiger partial charge in [0.05, 0.1) is 32.0 Å². The summed E-state index contributed by atoms with van der Waals surface area (Å²) in [6.07, 6.45) is -8.45. The molecule has 9 nitrogen and oxygen atoms in total. The summed E-state index contributed by atoms with van der Waals surface area (Å²) >= 11 is 0. The summed E-state index contributed by atoms with van der Waals surface area (Å²) in [5.74, 6) is 0. The van der Waals surface area contributed by atoms with Gasteiger partial charge in [-0.15, -0.1) is 0 Å². The van der Waals surface area contributed by atoms with Crippen LogP contribution < -0.4 is 0 Å². The highest BCUT2D eigenvalue weighted by Crippen LogP contribution is 2.29. The predicted molar refractivity (Wildman–Crippen MR) is 66.1 cm³/mol. The van der Waals surface area contributed by atoms with E-state index < -0.39 is 62.2 Å². The molecular formula is C12H22O9. The first kappa shape index (κ1) is 17.0. The smallest absolute Gasteiger partial charge is 0.186 e. The summed E-state index contributed by atoms with van der Waals surface area (Å²) in [4.78, 5) is 0. The van der Waals surface area contributed by atoms with E-state index in [1.165, 1.54) is 0 Å². The van der Waals surface area contributed by atoms with Crippen LogP contribution in [-0.2, 0) is 14.2 Å². The van der Waals surface area contributed by atoms with Crippen LogP contribution in [0.1, 0.15) is 6.42 Å². The van der Waals surface area contributed by atoms with Gasteiger partial charge in [0.25, 0.3) is 0 Å². The molecule has 0 aliphatic carbocycles. The third-order valence-electron chi connectivity index (χ3n) is 3.79. The van der Waals surface area contributed by atoms with Gasteiger partial charge in [0.2, 0.25) is 0 Å². The number of aliphatic hydroxyl groups excluding tert-OH is 6. The Morgan fingerprint density at radius 3 is 2.10 bits per heavy atom. The van der Waals surface area contributed by atoms with Gasteiger partial charge in [0.15, 0.2) is 6.29 Å². The van der Waals surface area contributed by atoms with Crippen LogP contribution in [0.25, 0.3) is 0 Å². The first-order valence-electron chi connectivity index (χ1n) is 6.85. The van der Waals surface area contributed by atoms with Crippen molar-refractivity contribution in [2.24, 2.45) is 0 Å². The van der Waals surface area contributed by atoms with Crippen molar-refractivity contribution < 1.29 is 44.8 Å². The first-order chi connectivity index (χ1) is 10.0. The van der Waals surface area contributed by atoms with Crippen molar-refractivity contribution in [3.05, 3.63) is 0 Å². The third kappa shape index (κ3) is 3.52. The molecule has 2 rings (SSSR count). The van der Waals surface area contributed by atoms with Crippen LogP contribution >= 0.6 is 0 Å². The quantitative estimate of drug-likeness (QED) is 0.302. The Morgan fingerprint density at radius 1 is 0.857 bits per heavy atom. The average Bonchev–Trinajstić information content (AvgIpc) is 2.79. The lowest BCUT2D eigenvalue weighted by Gasteiger charge is -2.38. The molecule has 2 saturated heterocycles. The molecule has 0 bridgehead atoms. The van der Waals surface area contributed by atoms with E-state index in [4.69, 9.17) is 24.4 Å². The summed E-state index contributed by atoms with van der Waals surface area (Å²) in [6.45, 7) is -1.25. The molecule has 0 saturated carbocycles. The van der Waals surface area contributed by atoms with Crippen molar-refractivity contribution in [2.45, 2.75) is 55.4 Å². The zero-order chi connectivity index (χ0) is 15.6. The molecule has 9 heteroatoms. The molecule has 2 heterocycles. The highest BCUT2D eigenvalue weighted by atomic mass is 16.7. The molecule has 6 N–H and O–H groups in total. The number of aliphatic hydroxyl groups is 6. The molecule has 0 aromatic rings. The Balaban J connectivity index is 2.04. The summed E-state index contributed by atoms with van der Waals surface area (Å²) in [5.41, 5.74) is 0. The topological polar surface area (TPSA) is 149 Å². The fourth-order valence-corrected chi connectivity index (χ4v) is 2.58. The van der Waals surface area contributed by atoms with Crippen molar-refractivity contribution in [3.8, 4) is 0 Å². The Hall–Kier alpha value is -0.360. The lowest BCUT2D eigenvalue weighted by molar-refractivity contribution is -0.293. The zero-order valence-corrected chi connectivity index (χ0v) is 11.4. The van der Waals surface area contributed by atoms with Crippen molar-refractivity contribution in [1.82, 2.24) is 0 Å². The fourth-order valence-electron chi connectivity index (χ4n) is 2.58. The monoisotopic (exact) mass is 310 g/mol. The average molecular weight is 310 g/mol. The van der Waals surface area contributed by atoms with Crippen LogP contribution in [-0.4, -0.2) is 99.5 Å². The van der Waals surface area contributed by atoms with E-state index in [1.807, 2.05) is 0 Å². The molecule has 0 aromatic heterocycles. The molecule has 2 aliphatic rings. The second-order valence-electron chi connectivity index (χ2n) is 5.27. The van der Waals surface area contributed by atoms with E-state index in [2.05, 4.69) is 0 Å². The van der Waals surface area contributed by atoms with E-state index in [0.717, 1.165) is 0 Å². The molecule has 0 radical (unpaired) electrons. The fraction of sp³-hybridized carbons (Fsp3) is 1.00. The molecule has 124 valence electrons. The molecule has 21 heavy (non-hydrogen) atoms. The van der Waals surface area contributed by atoms with Crippen LogP contribution in [0, 0.1) is 0 Å². The summed E-state index contributed by atoms with van der Waals surface area (Å²) in [5, 5.41) is 56.9. The van der Waals surface area contributed by atoms with Gasteiger partial charge in [-0.2, -0.15) is 0 Å². The van der Waals surface area contributed by atoms with Gasteiger partial charge >= 0.3 is 0 Å². The normalized spacial score (nSPS) is 47.7. The van der Waals surface area contributed by atoms with E-state index >= 15 is 0 Å². The van der Waals surface area contributed by atoms with Crippen LogP contribution in [0.3, 0.4) is 0 Å². The van der Waals surface area contributed by atoms with Crippen LogP contribution in [0.4, 0.5) is 0 Å². The number of rotatable bonds is 5. The van der Waals surface area contributed by atoms with Gasteiger partial charge in [0.1, 0.15) is 30.5 Å². The molecule has 8 atom stereocenters. The Morgan fingerprint density at radius 2 is 1.52 bits per heavy atom. The van der Waals surface area contributed by atoms with E-state index in [9.17, 15) is 20.4 Å². The van der Waals surface area contributed by atoms with Crippen LogP contribution in [0.15, 0.2) is 0 Å². The van der Waals surface area contributed by atoms with E-state index in [0.29, 0.717) is 0 Å². The van der Waals surface area contributed by atoms with Gasteiger partial charge in [-0.25, -0.2) is 0 Å². The minimum atomic E-state index is -1.35. The Labute approximate surface area is 121 Å². The van der Waals surface area contributed by atoms with Crippen molar-refractivity contribution >= 4 is 0 Å². The Kier molecular flexibility index (Phi) is 5.88. The summed E-state index contributed by atoms with van der Waals surface area (Å²) in [6, 6.07) is 0. The number of hydrogen-bond donors (Lipinski definition) is 6. The molecule has 2 aliphatic heterocycles. The minimum Gasteiger partial charge on any atom is -0.394 e. The third-order valence-corrected chi connectivity index (χ3v) is 3.79. The van der Waals surface area contributed by atoms with Gasteiger partial charge in [-0.3, -0.25) is 0 Å². The molecule has 0 aromatic carbocycles. The van der Waals surface area contributed by atoms with Gasteiger partial charge in [0, 0.05) is 6.42 Å². The first-order valence-corrected chi connectivity index (χ1v) is 6.85. The molecular weight excluding hydrogens is 288 g/mol. The largest absolute Gasteiger partial charge is 0.394 e. The van der Waals surface area contributed by atoms with Gasteiger partial charge in [-0.05, 0) is 0 Å². The summed E-state index contributed by atoms with van der Waals surface area (Å²) in [7, 11) is 0. The molecule has 2 fully saturated rings. The van der Waals surface area contributed by atoms with E-state index in [-0.39, 0.29) is 13.0 Å². The predicted octanol–water partition coefficient (Wildman–Crippen LogP) is -3.69. The van der Waals surface area contributed by atoms with Crippen molar-refractivity contribution in [3.63, 3.8) is 0 Å². The van der Waals surface area contributed by atoms with Crippen molar-refractivity contribution in [2.75, 3.05) is 19.8 Å². The molecule has 0 unspecified atom stereocenters. The highest BCUT2D eigenvalue weighted by molar-refractivity contribution is 4.93. The summed E-state index contributed by atoms with van der Waals surface area (Å²) < 4.78 is 15.9. The van der Waals surface area contributed by atoms with Crippen LogP contribution in [0.2, 0.25) is 0 Å². The van der Waals surface area contributed by atoms with Gasteiger partial charge < -0.3 is 44.8 Å². The second-order valence-corrected chi connectivity index (χ2v) is 5.27. The highest BCUT2D eigenvalue weighted by Gasteiger charge is 2.47. The van der Waals surface area contributed by atoms with Crippen LogP contribution in [0.5, 0.6) is 0 Å².